The van der Waals surface area contributed by atoms with Crippen LogP contribution in [0.3, 0.4) is 0 Å². The van der Waals surface area contributed by atoms with Gasteiger partial charge in [-0.05, 0) is 30.9 Å². The third kappa shape index (κ3) is 1.73. The van der Waals surface area contributed by atoms with Crippen LogP contribution in [0.5, 0.6) is 0 Å². The summed E-state index contributed by atoms with van der Waals surface area (Å²) < 4.78 is 0. The molecular weight excluding hydrogens is 184 g/mol. The van der Waals surface area contributed by atoms with E-state index in [-0.39, 0.29) is 6.04 Å². The van der Waals surface area contributed by atoms with Gasteiger partial charge >= 0.3 is 0 Å². The van der Waals surface area contributed by atoms with Gasteiger partial charge < -0.3 is 0 Å². The zero-order chi connectivity index (χ0) is 9.80. The number of rotatable bonds is 2. The Hall–Kier alpha value is -1.45. The molecule has 74 valence electrons. The average molecular weight is 197 g/mol. The number of pyridine rings is 1. The van der Waals surface area contributed by atoms with Gasteiger partial charge in [-0.15, -0.1) is 4.91 Å². The second kappa shape index (κ2) is 4.17. The van der Waals surface area contributed by atoms with Crippen molar-refractivity contribution in [1.82, 2.24) is 9.99 Å². The lowest BCUT2D eigenvalue weighted by Gasteiger charge is -2.30. The van der Waals surface area contributed by atoms with E-state index in [0.29, 0.717) is 0 Å². The second-order valence-electron chi connectivity index (χ2n) is 3.54. The van der Waals surface area contributed by atoms with Crippen LogP contribution in [0, 0.1) is 4.91 Å². The molecule has 0 aromatic carbocycles. The monoisotopic (exact) mass is 197 g/mol. The van der Waals surface area contributed by atoms with Gasteiger partial charge in [-0.1, -0.05) is 6.07 Å². The van der Waals surface area contributed by atoms with Crippen LogP contribution >= 0.6 is 0 Å². The molecule has 0 bridgehead atoms. The second-order valence-corrected chi connectivity index (χ2v) is 3.54. The average Bonchev–Trinajstić information content (AvgIpc) is 2.30. The molecule has 1 unspecified atom stereocenters. The highest BCUT2D eigenvalue weighted by molar-refractivity contribution is 5.14. The van der Waals surface area contributed by atoms with Crippen molar-refractivity contribution in [2.24, 2.45) is 5.29 Å². The fourth-order valence-electron chi connectivity index (χ4n) is 1.93. The van der Waals surface area contributed by atoms with Crippen LogP contribution in [-0.2, 0) is 0 Å². The third-order valence-electron chi connectivity index (χ3n) is 2.65. The minimum Gasteiger partial charge on any atom is -0.264 e. The highest BCUT2D eigenvalue weighted by Gasteiger charge is 2.23. The Kier molecular flexibility index (Phi) is 2.72. The van der Waals surface area contributed by atoms with Crippen LogP contribution in [0.15, 0.2) is 29.8 Å². The van der Waals surface area contributed by atoms with E-state index < -0.39 is 0 Å². The van der Waals surface area contributed by atoms with Crippen molar-refractivity contribution in [1.29, 1.82) is 0 Å². The summed E-state index contributed by atoms with van der Waals surface area (Å²) in [6.45, 7) is 0.767. The summed E-state index contributed by atoms with van der Waals surface area (Å²) in [7, 11) is 0. The Bertz CT molecular complexity index is 301. The van der Waals surface area contributed by atoms with Crippen molar-refractivity contribution in [2.45, 2.75) is 25.3 Å². The van der Waals surface area contributed by atoms with Gasteiger partial charge in [0.15, 0.2) is 0 Å². The van der Waals surface area contributed by atoms with Crippen LogP contribution in [-0.4, -0.2) is 16.5 Å². The first kappa shape index (κ1) is 9.12. The molecule has 1 aliphatic rings. The molecule has 1 fully saturated rings. The molecule has 0 saturated carbocycles. The van der Waals surface area contributed by atoms with Crippen LogP contribution in [0.1, 0.15) is 30.9 Å². The Morgan fingerprint density at radius 2 is 2.43 bits per heavy atom. The zero-order valence-corrected chi connectivity index (χ0v) is 7.97. The minimum absolute atomic E-state index is 0.134. The number of aromatic nitrogens is 1. The lowest BCUT2D eigenvalue weighted by molar-refractivity contribution is 0.152. The predicted octanol–water partition coefficient (Wildman–Crippen LogP) is 2.29. The first-order valence-corrected chi connectivity index (χ1v) is 4.91. The van der Waals surface area contributed by atoms with Crippen LogP contribution < -0.4 is 0 Å². The predicted molar refractivity (Wildman–Crippen MR) is 53.3 cm³/mol. The summed E-state index contributed by atoms with van der Waals surface area (Å²) in [6.07, 6.45) is 6.77. The summed E-state index contributed by atoms with van der Waals surface area (Å²) >= 11 is 0. The van der Waals surface area contributed by atoms with E-state index in [2.05, 4.69) is 10.3 Å². The Morgan fingerprint density at radius 1 is 1.50 bits per heavy atom. The van der Waals surface area contributed by atoms with Crippen LogP contribution in [0.25, 0.3) is 0 Å². The van der Waals surface area contributed by atoms with E-state index in [4.69, 9.17) is 0 Å². The molecule has 1 saturated heterocycles. The molecule has 14 heavy (non-hydrogen) atoms. The Morgan fingerprint density at radius 3 is 3.14 bits per heavy atom. The lowest BCUT2D eigenvalue weighted by atomic mass is 10.2. The Labute approximate surface area is 82.9 Å². The molecule has 2 heterocycles. The first-order valence-electron chi connectivity index (χ1n) is 4.91. The van der Waals surface area contributed by atoms with Crippen molar-refractivity contribution in [3.05, 3.63) is 35.0 Å². The molecular formula is C10H13N3O. The van der Waals surface area contributed by atoms with Crippen molar-refractivity contribution >= 4 is 0 Å². The number of nitroso groups, excluding NO2 is 1. The van der Waals surface area contributed by atoms with Crippen molar-refractivity contribution in [2.75, 3.05) is 6.54 Å². The van der Waals surface area contributed by atoms with Crippen LogP contribution in [0.4, 0.5) is 0 Å². The summed E-state index contributed by atoms with van der Waals surface area (Å²) in [5.74, 6) is 0. The zero-order valence-electron chi connectivity index (χ0n) is 7.97. The standard InChI is InChI=1S/C10H13N3O/c14-12-13-7-2-1-5-10(13)9-4-3-6-11-8-9/h3-4,6,8,10H,1-2,5,7H2/i3+1,4+1,6+1,8+1,9+1,10+1. The fourth-order valence-corrected chi connectivity index (χ4v) is 1.93. The smallest absolute Gasteiger partial charge is 0.0766 e. The maximum atomic E-state index is 10.6. The van der Waals surface area contributed by atoms with Crippen molar-refractivity contribution in [3.8, 4) is 0 Å². The summed E-state index contributed by atoms with van der Waals surface area (Å²) in [4.78, 5) is 14.7. The fraction of sp³-hybridized carbons (Fsp3) is 0.500. The van der Waals surface area contributed by atoms with E-state index >= 15 is 0 Å². The molecule has 0 amide bonds. The number of hydrogen-bond donors (Lipinski definition) is 0. The summed E-state index contributed by atoms with van der Waals surface area (Å²) in [6, 6.07) is 4.03. The van der Waals surface area contributed by atoms with E-state index in [1.165, 1.54) is 0 Å². The molecule has 1 atom stereocenters. The summed E-state index contributed by atoms with van der Waals surface area (Å²) in [5.41, 5.74) is 1.09. The van der Waals surface area contributed by atoms with Gasteiger partial charge in [-0.3, -0.25) is 9.99 Å². The maximum Gasteiger partial charge on any atom is 0.0766 e. The van der Waals surface area contributed by atoms with Crippen molar-refractivity contribution in [3.63, 3.8) is 0 Å². The molecule has 0 radical (unpaired) electrons. The topological polar surface area (TPSA) is 45.6 Å². The number of nitrogens with zero attached hydrogens (tertiary/aromatic N) is 3. The summed E-state index contributed by atoms with van der Waals surface area (Å²) in [5, 5.41) is 4.69. The molecule has 0 N–H and O–H groups in total. The van der Waals surface area contributed by atoms with E-state index in [1.807, 2.05) is 18.3 Å². The quantitative estimate of drug-likeness (QED) is 0.539. The Balaban J connectivity index is 2.19. The highest BCUT2D eigenvalue weighted by Crippen LogP contribution is 2.30. The molecule has 4 heteroatoms. The maximum absolute atomic E-state index is 10.6. The van der Waals surface area contributed by atoms with Gasteiger partial charge in [0.1, 0.15) is 0 Å². The largest absolute Gasteiger partial charge is 0.264 e. The molecule has 4 nitrogen and oxygen atoms in total. The minimum atomic E-state index is 0.134. The van der Waals surface area contributed by atoms with Gasteiger partial charge in [0.05, 0.1) is 11.3 Å². The van der Waals surface area contributed by atoms with Gasteiger partial charge in [0, 0.05) is 18.9 Å². The molecule has 0 spiro atoms. The first-order chi connectivity index (χ1) is 6.92. The van der Waals surface area contributed by atoms with Crippen molar-refractivity contribution < 1.29 is 0 Å². The SMILES string of the molecule is O=NN1CCCC[13CH]1[13c]1[13cH][13cH][13cH]n[13cH]1. The molecule has 1 aromatic rings. The number of piperidine rings is 1. The van der Waals surface area contributed by atoms with Gasteiger partial charge in [-0.2, -0.15) is 0 Å². The number of hydrogen-bond acceptors (Lipinski definition) is 3. The third-order valence-corrected chi connectivity index (χ3v) is 2.65. The normalized spacial score (nSPS) is 22.0. The molecule has 0 aliphatic carbocycles. The molecule has 1 aromatic heterocycles. The van der Waals surface area contributed by atoms with Gasteiger partial charge in [0.25, 0.3) is 0 Å². The van der Waals surface area contributed by atoms with E-state index in [0.717, 1.165) is 31.4 Å². The van der Waals surface area contributed by atoms with E-state index in [1.54, 1.807) is 11.2 Å². The van der Waals surface area contributed by atoms with Gasteiger partial charge in [-0.25, -0.2) is 0 Å². The van der Waals surface area contributed by atoms with Crippen LogP contribution in [0.2, 0.25) is 0 Å². The van der Waals surface area contributed by atoms with Gasteiger partial charge in [0.2, 0.25) is 0 Å². The highest BCUT2D eigenvalue weighted by atomic mass is 16.3. The molecule has 2 rings (SSSR count). The lowest BCUT2D eigenvalue weighted by Crippen LogP contribution is -2.28. The molecule has 1 aliphatic heterocycles. The van der Waals surface area contributed by atoms with E-state index in [9.17, 15) is 4.91 Å².